The summed E-state index contributed by atoms with van der Waals surface area (Å²) >= 11 is 0. The summed E-state index contributed by atoms with van der Waals surface area (Å²) in [6.07, 6.45) is 0. The van der Waals surface area contributed by atoms with Gasteiger partial charge in [-0.15, -0.1) is 0 Å². The summed E-state index contributed by atoms with van der Waals surface area (Å²) in [6, 6.07) is 16.0. The van der Waals surface area contributed by atoms with Gasteiger partial charge in [-0.2, -0.15) is 0 Å². The molecule has 1 heterocycles. The largest absolute Gasteiger partial charge is 0.295 e. The minimum atomic E-state index is -0.421. The number of carbonyl (C=O) groups excluding carboxylic acids is 2. The third kappa shape index (κ3) is 2.69. The monoisotopic (exact) mass is 357 g/mol. The van der Waals surface area contributed by atoms with E-state index in [0.717, 1.165) is 22.5 Å². The number of carbonyl (C=O) groups is 2. The van der Waals surface area contributed by atoms with Crippen LogP contribution in [0.25, 0.3) is 0 Å². The predicted octanol–water partition coefficient (Wildman–Crippen LogP) is 5.07. The lowest BCUT2D eigenvalue weighted by Crippen LogP contribution is -2.31. The Bertz CT molecular complexity index is 1010. The van der Waals surface area contributed by atoms with Crippen molar-refractivity contribution in [2.45, 2.75) is 39.5 Å². The first kappa shape index (κ1) is 17.6. The molecular formula is C24H23NO2. The van der Waals surface area contributed by atoms with Crippen LogP contribution in [-0.2, 0) is 4.79 Å². The van der Waals surface area contributed by atoms with Crippen LogP contribution in [-0.4, -0.2) is 17.3 Å². The molecule has 136 valence electrons. The molecule has 27 heavy (non-hydrogen) atoms. The van der Waals surface area contributed by atoms with E-state index in [1.807, 2.05) is 31.2 Å². The van der Waals surface area contributed by atoms with Crippen LogP contribution in [0.2, 0.25) is 0 Å². The molecule has 2 atom stereocenters. The van der Waals surface area contributed by atoms with Gasteiger partial charge < -0.3 is 0 Å². The number of hydrogen-bond acceptors (Lipinski definition) is 3. The maximum atomic E-state index is 13.2. The standard InChI is InChI=1S/C24H23NO2/c1-13(2)16-9-11-17(12-10-16)21-20(15(4)26)14(3)25-23-18-7-5-6-8-19(18)24(27)22(21)23/h5-13,21-22H,1-4H3/t21-,22-/m0/s1. The highest BCUT2D eigenvalue weighted by molar-refractivity contribution is 6.30. The molecule has 3 nitrogen and oxygen atoms in total. The highest BCUT2D eigenvalue weighted by Crippen LogP contribution is 2.45. The third-order valence-corrected chi connectivity index (χ3v) is 5.71. The number of hydrogen-bond donors (Lipinski definition) is 0. The number of ketones is 2. The number of rotatable bonds is 3. The summed E-state index contributed by atoms with van der Waals surface area (Å²) in [6.45, 7) is 7.76. The van der Waals surface area contributed by atoms with Crippen LogP contribution in [0.15, 0.2) is 64.8 Å². The maximum Gasteiger partial charge on any atom is 0.173 e. The number of allylic oxidation sites excluding steroid dienone is 2. The van der Waals surface area contributed by atoms with Gasteiger partial charge >= 0.3 is 0 Å². The summed E-state index contributed by atoms with van der Waals surface area (Å²) < 4.78 is 0. The lowest BCUT2D eigenvalue weighted by Gasteiger charge is -2.30. The molecule has 0 unspecified atom stereocenters. The first-order chi connectivity index (χ1) is 12.9. The molecule has 0 amide bonds. The Morgan fingerprint density at radius 1 is 0.963 bits per heavy atom. The van der Waals surface area contributed by atoms with E-state index >= 15 is 0 Å². The molecule has 2 aromatic rings. The van der Waals surface area contributed by atoms with Crippen molar-refractivity contribution in [3.05, 3.63) is 82.1 Å². The fourth-order valence-corrected chi connectivity index (χ4v) is 4.37. The molecule has 0 fully saturated rings. The maximum absolute atomic E-state index is 13.2. The van der Waals surface area contributed by atoms with Gasteiger partial charge in [-0.05, 0) is 30.9 Å². The van der Waals surface area contributed by atoms with E-state index < -0.39 is 5.92 Å². The second-order valence-corrected chi connectivity index (χ2v) is 7.74. The van der Waals surface area contributed by atoms with Crippen molar-refractivity contribution < 1.29 is 9.59 Å². The Labute approximate surface area is 159 Å². The van der Waals surface area contributed by atoms with E-state index in [0.29, 0.717) is 17.1 Å². The van der Waals surface area contributed by atoms with Crippen LogP contribution in [0.5, 0.6) is 0 Å². The quantitative estimate of drug-likeness (QED) is 0.770. The molecule has 2 aliphatic rings. The van der Waals surface area contributed by atoms with Crippen molar-refractivity contribution in [2.75, 3.05) is 0 Å². The number of fused-ring (bicyclic) bond motifs is 3. The molecule has 3 heteroatoms. The summed E-state index contributed by atoms with van der Waals surface area (Å²) in [5.41, 5.74) is 6.03. The molecule has 0 saturated heterocycles. The molecule has 0 spiro atoms. The zero-order valence-electron chi connectivity index (χ0n) is 16.1. The number of nitrogens with zero attached hydrogens (tertiary/aromatic N) is 1. The van der Waals surface area contributed by atoms with Crippen molar-refractivity contribution in [1.82, 2.24) is 0 Å². The third-order valence-electron chi connectivity index (χ3n) is 5.71. The van der Waals surface area contributed by atoms with E-state index in [-0.39, 0.29) is 17.5 Å². The molecule has 1 aliphatic carbocycles. The summed E-state index contributed by atoms with van der Waals surface area (Å²) in [7, 11) is 0. The highest BCUT2D eigenvalue weighted by atomic mass is 16.1. The summed E-state index contributed by atoms with van der Waals surface area (Å²) in [5, 5.41) is 0. The first-order valence-electron chi connectivity index (χ1n) is 9.44. The lowest BCUT2D eigenvalue weighted by molar-refractivity contribution is -0.114. The van der Waals surface area contributed by atoms with Crippen LogP contribution in [0.3, 0.4) is 0 Å². The molecule has 1 aliphatic heterocycles. The van der Waals surface area contributed by atoms with E-state index in [4.69, 9.17) is 4.99 Å². The molecule has 0 radical (unpaired) electrons. The number of benzene rings is 2. The Kier molecular flexibility index (Phi) is 4.18. The molecule has 0 N–H and O–H groups in total. The van der Waals surface area contributed by atoms with Crippen molar-refractivity contribution in [1.29, 1.82) is 0 Å². The Morgan fingerprint density at radius 3 is 2.19 bits per heavy atom. The summed E-state index contributed by atoms with van der Waals surface area (Å²) in [4.78, 5) is 30.5. The molecule has 4 rings (SSSR count). The molecule has 0 aromatic heterocycles. The van der Waals surface area contributed by atoms with E-state index in [2.05, 4.69) is 38.1 Å². The average Bonchev–Trinajstić information content (AvgIpc) is 2.93. The minimum absolute atomic E-state index is 0.0167. The zero-order chi connectivity index (χ0) is 19.3. The lowest BCUT2D eigenvalue weighted by atomic mass is 9.74. The zero-order valence-corrected chi connectivity index (χ0v) is 16.1. The van der Waals surface area contributed by atoms with E-state index in [1.54, 1.807) is 6.92 Å². The fourth-order valence-electron chi connectivity index (χ4n) is 4.37. The van der Waals surface area contributed by atoms with Crippen LogP contribution >= 0.6 is 0 Å². The second kappa shape index (κ2) is 6.41. The number of Topliss-reactive ketones (excluding diaryl/α,β-unsaturated/α-hetero) is 2. The van der Waals surface area contributed by atoms with Gasteiger partial charge in [0, 0.05) is 28.3 Å². The van der Waals surface area contributed by atoms with Crippen LogP contribution in [0, 0.1) is 5.92 Å². The van der Waals surface area contributed by atoms with Crippen LogP contribution < -0.4 is 0 Å². The van der Waals surface area contributed by atoms with Crippen molar-refractivity contribution in [3.63, 3.8) is 0 Å². The Morgan fingerprint density at radius 2 is 1.59 bits per heavy atom. The van der Waals surface area contributed by atoms with Crippen LogP contribution in [0.4, 0.5) is 0 Å². The SMILES string of the molecule is CC(=O)C1=C(C)N=C2c3ccccc3C(=O)[C@H]2[C@H]1c1ccc(C(C)C)cc1. The minimum Gasteiger partial charge on any atom is -0.295 e. The van der Waals surface area contributed by atoms with Crippen molar-refractivity contribution in [3.8, 4) is 0 Å². The second-order valence-electron chi connectivity index (χ2n) is 7.74. The van der Waals surface area contributed by atoms with Gasteiger partial charge in [-0.25, -0.2) is 0 Å². The van der Waals surface area contributed by atoms with Crippen molar-refractivity contribution >= 4 is 17.3 Å². The van der Waals surface area contributed by atoms with E-state index in [9.17, 15) is 9.59 Å². The van der Waals surface area contributed by atoms with E-state index in [1.165, 1.54) is 5.56 Å². The Balaban J connectivity index is 1.90. The predicted molar refractivity (Wildman–Crippen MR) is 107 cm³/mol. The van der Waals surface area contributed by atoms with Gasteiger partial charge in [0.05, 0.1) is 11.6 Å². The molecule has 0 saturated carbocycles. The average molecular weight is 357 g/mol. The smallest absolute Gasteiger partial charge is 0.173 e. The Hall–Kier alpha value is -2.81. The first-order valence-corrected chi connectivity index (χ1v) is 9.44. The normalized spacial score (nSPS) is 21.2. The van der Waals surface area contributed by atoms with Crippen LogP contribution in [0.1, 0.15) is 66.6 Å². The summed E-state index contributed by atoms with van der Waals surface area (Å²) in [5.74, 6) is -0.221. The van der Waals surface area contributed by atoms with Gasteiger partial charge in [0.2, 0.25) is 0 Å². The van der Waals surface area contributed by atoms with Crippen molar-refractivity contribution in [2.24, 2.45) is 10.9 Å². The fraction of sp³-hybridized carbons (Fsp3) is 0.292. The van der Waals surface area contributed by atoms with Gasteiger partial charge in [0.1, 0.15) is 0 Å². The van der Waals surface area contributed by atoms with Gasteiger partial charge in [-0.1, -0.05) is 62.4 Å². The topological polar surface area (TPSA) is 46.5 Å². The molecule has 0 bridgehead atoms. The highest BCUT2D eigenvalue weighted by Gasteiger charge is 2.46. The van der Waals surface area contributed by atoms with Gasteiger partial charge in [-0.3, -0.25) is 14.6 Å². The molecular weight excluding hydrogens is 334 g/mol. The molecule has 2 aromatic carbocycles. The van der Waals surface area contributed by atoms with Gasteiger partial charge in [0.25, 0.3) is 0 Å². The number of aliphatic imine (C=N–C) groups is 1. The van der Waals surface area contributed by atoms with Gasteiger partial charge in [0.15, 0.2) is 11.6 Å².